The van der Waals surface area contributed by atoms with Crippen molar-refractivity contribution in [1.82, 2.24) is 4.90 Å². The first-order valence-corrected chi connectivity index (χ1v) is 11.8. The van der Waals surface area contributed by atoms with E-state index in [1.807, 2.05) is 35.2 Å². The second-order valence-electron chi connectivity index (χ2n) is 8.85. The third kappa shape index (κ3) is 7.15. The predicted molar refractivity (Wildman–Crippen MR) is 131 cm³/mol. The van der Waals surface area contributed by atoms with Crippen molar-refractivity contribution < 1.29 is 14.3 Å². The van der Waals surface area contributed by atoms with Gasteiger partial charge in [0.1, 0.15) is 0 Å². The van der Waals surface area contributed by atoms with E-state index in [9.17, 15) is 4.79 Å². The Bertz CT molecular complexity index is 885. The number of hydrogen-bond acceptors (Lipinski definition) is 3. The fraction of sp³-hybridized carbons (Fsp3) is 0.464. The maximum atomic E-state index is 13.2. The number of amides is 1. The Labute approximate surface area is 193 Å². The summed E-state index contributed by atoms with van der Waals surface area (Å²) in [5.41, 5.74) is 3.50. The van der Waals surface area contributed by atoms with Gasteiger partial charge in [-0.1, -0.05) is 73.7 Å². The number of carbonyl (C=O) groups excluding carboxylic acids is 1. The predicted octanol–water partition coefficient (Wildman–Crippen LogP) is 6.15. The lowest BCUT2D eigenvalue weighted by molar-refractivity contribution is -0.131. The van der Waals surface area contributed by atoms with E-state index < -0.39 is 0 Å². The summed E-state index contributed by atoms with van der Waals surface area (Å²) in [4.78, 5) is 15.2. The highest BCUT2D eigenvalue weighted by Crippen LogP contribution is 2.29. The Kier molecular flexibility index (Phi) is 9.21. The standard InChI is InChI=1S/C28H37NO3/c1-22(19-24-11-5-4-6-12-24)21-29(28(30)16-14-23-9-7-8-10-23)18-17-25-13-15-26(31-2)27(20-25)32-3/h4-6,11-13,15,19-20,23H,7-10,14,16-18,21H2,1-3H3/b22-19+. The van der Waals surface area contributed by atoms with Crippen LogP contribution in [0, 0.1) is 5.92 Å². The van der Waals surface area contributed by atoms with Gasteiger partial charge in [-0.2, -0.15) is 0 Å². The number of rotatable bonds is 11. The van der Waals surface area contributed by atoms with E-state index in [1.165, 1.54) is 36.8 Å². The average molecular weight is 436 g/mol. The molecule has 4 nitrogen and oxygen atoms in total. The summed E-state index contributed by atoms with van der Waals surface area (Å²) in [5.74, 6) is 2.44. The molecule has 0 saturated heterocycles. The summed E-state index contributed by atoms with van der Waals surface area (Å²) in [6.07, 6.45) is 9.84. The summed E-state index contributed by atoms with van der Waals surface area (Å²) in [7, 11) is 3.29. The molecule has 0 unspecified atom stereocenters. The van der Waals surface area contributed by atoms with Crippen molar-refractivity contribution in [2.45, 2.75) is 51.9 Å². The van der Waals surface area contributed by atoms with Crippen LogP contribution in [0.2, 0.25) is 0 Å². The van der Waals surface area contributed by atoms with Gasteiger partial charge in [0.05, 0.1) is 14.2 Å². The van der Waals surface area contributed by atoms with E-state index in [1.54, 1.807) is 14.2 Å². The van der Waals surface area contributed by atoms with Crippen molar-refractivity contribution in [3.05, 3.63) is 65.2 Å². The van der Waals surface area contributed by atoms with Gasteiger partial charge in [-0.05, 0) is 48.9 Å². The zero-order chi connectivity index (χ0) is 22.8. The number of carbonyl (C=O) groups is 1. The topological polar surface area (TPSA) is 38.8 Å². The van der Waals surface area contributed by atoms with Gasteiger partial charge in [0.25, 0.3) is 0 Å². The minimum Gasteiger partial charge on any atom is -0.493 e. The number of nitrogens with zero attached hydrogens (tertiary/aromatic N) is 1. The average Bonchev–Trinajstić information content (AvgIpc) is 3.34. The van der Waals surface area contributed by atoms with E-state index >= 15 is 0 Å². The molecule has 32 heavy (non-hydrogen) atoms. The number of methoxy groups -OCH3 is 2. The molecule has 172 valence electrons. The van der Waals surface area contributed by atoms with E-state index in [0.29, 0.717) is 19.5 Å². The van der Waals surface area contributed by atoms with Gasteiger partial charge in [-0.15, -0.1) is 0 Å². The second kappa shape index (κ2) is 12.3. The van der Waals surface area contributed by atoms with E-state index in [4.69, 9.17) is 9.47 Å². The number of hydrogen-bond donors (Lipinski definition) is 0. The van der Waals surface area contributed by atoms with Crippen LogP contribution in [0.3, 0.4) is 0 Å². The Hall–Kier alpha value is -2.75. The molecular weight excluding hydrogens is 398 g/mol. The highest BCUT2D eigenvalue weighted by Gasteiger charge is 2.19. The van der Waals surface area contributed by atoms with Crippen molar-refractivity contribution in [1.29, 1.82) is 0 Å². The summed E-state index contributed by atoms with van der Waals surface area (Å²) in [6.45, 7) is 3.46. The highest BCUT2D eigenvalue weighted by molar-refractivity contribution is 5.76. The first kappa shape index (κ1) is 23.9. The van der Waals surface area contributed by atoms with Crippen molar-refractivity contribution in [2.75, 3.05) is 27.3 Å². The Morgan fingerprint density at radius 1 is 1.03 bits per heavy atom. The maximum absolute atomic E-state index is 13.2. The lowest BCUT2D eigenvalue weighted by Crippen LogP contribution is -2.34. The molecule has 0 aliphatic heterocycles. The second-order valence-corrected chi connectivity index (χ2v) is 8.85. The Balaban J connectivity index is 1.67. The van der Waals surface area contributed by atoms with Crippen LogP contribution < -0.4 is 9.47 Å². The Morgan fingerprint density at radius 3 is 2.44 bits per heavy atom. The molecule has 0 radical (unpaired) electrons. The molecule has 1 amide bonds. The number of benzene rings is 2. The van der Waals surface area contributed by atoms with Crippen LogP contribution >= 0.6 is 0 Å². The molecule has 1 saturated carbocycles. The summed E-state index contributed by atoms with van der Waals surface area (Å²) in [6, 6.07) is 16.3. The summed E-state index contributed by atoms with van der Waals surface area (Å²) in [5, 5.41) is 0. The monoisotopic (exact) mass is 435 g/mol. The molecule has 0 bridgehead atoms. The van der Waals surface area contributed by atoms with Gasteiger partial charge in [0.15, 0.2) is 11.5 Å². The van der Waals surface area contributed by atoms with Crippen LogP contribution in [-0.2, 0) is 11.2 Å². The van der Waals surface area contributed by atoms with Crippen LogP contribution in [-0.4, -0.2) is 38.1 Å². The fourth-order valence-electron chi connectivity index (χ4n) is 4.56. The zero-order valence-corrected chi connectivity index (χ0v) is 19.8. The molecule has 0 spiro atoms. The lowest BCUT2D eigenvalue weighted by Gasteiger charge is -2.24. The molecule has 0 N–H and O–H groups in total. The van der Waals surface area contributed by atoms with Gasteiger partial charge >= 0.3 is 0 Å². The molecule has 1 fully saturated rings. The van der Waals surface area contributed by atoms with E-state index in [-0.39, 0.29) is 5.91 Å². The molecule has 0 aromatic heterocycles. The quantitative estimate of drug-likeness (QED) is 0.425. The van der Waals surface area contributed by atoms with Gasteiger partial charge in [0.2, 0.25) is 5.91 Å². The minimum absolute atomic E-state index is 0.262. The van der Waals surface area contributed by atoms with Crippen molar-refractivity contribution >= 4 is 12.0 Å². The summed E-state index contributed by atoms with van der Waals surface area (Å²) < 4.78 is 10.8. The van der Waals surface area contributed by atoms with Crippen LogP contribution in [0.4, 0.5) is 0 Å². The van der Waals surface area contributed by atoms with Crippen LogP contribution in [0.1, 0.15) is 56.6 Å². The summed E-state index contributed by atoms with van der Waals surface area (Å²) >= 11 is 0. The molecule has 1 aliphatic rings. The maximum Gasteiger partial charge on any atom is 0.222 e. The minimum atomic E-state index is 0.262. The lowest BCUT2D eigenvalue weighted by atomic mass is 10.0. The third-order valence-corrected chi connectivity index (χ3v) is 6.37. The molecule has 2 aromatic rings. The molecule has 4 heteroatoms. The molecule has 0 atom stereocenters. The first-order chi connectivity index (χ1) is 15.6. The van der Waals surface area contributed by atoms with Gasteiger partial charge in [-0.25, -0.2) is 0 Å². The molecule has 1 aliphatic carbocycles. The highest BCUT2D eigenvalue weighted by atomic mass is 16.5. The van der Waals surface area contributed by atoms with Gasteiger partial charge in [0, 0.05) is 19.5 Å². The normalized spacial score (nSPS) is 14.4. The first-order valence-electron chi connectivity index (χ1n) is 11.8. The van der Waals surface area contributed by atoms with Gasteiger partial charge in [-0.3, -0.25) is 4.79 Å². The smallest absolute Gasteiger partial charge is 0.222 e. The Morgan fingerprint density at radius 2 is 1.75 bits per heavy atom. The molecule has 2 aromatic carbocycles. The zero-order valence-electron chi connectivity index (χ0n) is 19.8. The van der Waals surface area contributed by atoms with Crippen molar-refractivity contribution in [2.24, 2.45) is 5.92 Å². The molecule has 3 rings (SSSR count). The largest absolute Gasteiger partial charge is 0.493 e. The van der Waals surface area contributed by atoms with Gasteiger partial charge < -0.3 is 14.4 Å². The van der Waals surface area contributed by atoms with Crippen LogP contribution in [0.15, 0.2) is 54.1 Å². The third-order valence-electron chi connectivity index (χ3n) is 6.37. The van der Waals surface area contributed by atoms with Crippen molar-refractivity contribution in [3.8, 4) is 11.5 Å². The van der Waals surface area contributed by atoms with Crippen LogP contribution in [0.25, 0.3) is 6.08 Å². The molecular formula is C28H37NO3. The SMILES string of the molecule is COc1ccc(CCN(C/C(C)=C/c2ccccc2)C(=O)CCC2CCCC2)cc1OC. The van der Waals surface area contributed by atoms with Crippen LogP contribution in [0.5, 0.6) is 11.5 Å². The van der Waals surface area contributed by atoms with E-state index in [2.05, 4.69) is 31.2 Å². The van der Waals surface area contributed by atoms with E-state index in [0.717, 1.165) is 35.8 Å². The molecule has 0 heterocycles. The number of ether oxygens (including phenoxy) is 2. The fourth-order valence-corrected chi connectivity index (χ4v) is 4.56. The van der Waals surface area contributed by atoms with Crippen molar-refractivity contribution in [3.63, 3.8) is 0 Å².